The summed E-state index contributed by atoms with van der Waals surface area (Å²) in [7, 11) is 0. The monoisotopic (exact) mass is 1290 g/mol. The van der Waals surface area contributed by atoms with Crippen molar-refractivity contribution in [1.29, 1.82) is 0 Å². The summed E-state index contributed by atoms with van der Waals surface area (Å²) >= 11 is 0. The van der Waals surface area contributed by atoms with Gasteiger partial charge in [0.15, 0.2) is 0 Å². The minimum atomic E-state index is -0.361. The molecule has 0 bridgehead atoms. The van der Waals surface area contributed by atoms with Crippen molar-refractivity contribution in [2.75, 3.05) is 14.6 Å². The molecule has 9 aromatic carbocycles. The lowest BCUT2D eigenvalue weighted by Gasteiger charge is -2.46. The molecular formula is C92H102BN3O2. The van der Waals surface area contributed by atoms with Gasteiger partial charge in [0, 0.05) is 66.9 Å². The highest BCUT2D eigenvalue weighted by Gasteiger charge is 2.52. The van der Waals surface area contributed by atoms with Crippen molar-refractivity contribution in [3.05, 3.63) is 214 Å². The minimum absolute atomic E-state index is 0.00508. The summed E-state index contributed by atoms with van der Waals surface area (Å²) in [6, 6.07) is 64.7. The van der Waals surface area contributed by atoms with Crippen LogP contribution in [0.2, 0.25) is 0 Å². The molecule has 0 saturated carbocycles. The van der Waals surface area contributed by atoms with Crippen LogP contribution >= 0.6 is 0 Å². The highest BCUT2D eigenvalue weighted by molar-refractivity contribution is 6.95. The highest BCUT2D eigenvalue weighted by atomic mass is 16.4. The van der Waals surface area contributed by atoms with Gasteiger partial charge >= 0.3 is 6.85 Å². The molecular weight excluding hydrogens is 1190 g/mol. The van der Waals surface area contributed by atoms with E-state index in [2.05, 4.69) is 324 Å². The molecule has 0 unspecified atom stereocenters. The average Bonchev–Trinajstić information content (AvgIpc) is 1.35. The second kappa shape index (κ2) is 21.2. The Hall–Kier alpha value is -8.22. The third-order valence-corrected chi connectivity index (χ3v) is 24.7. The van der Waals surface area contributed by atoms with Gasteiger partial charge in [-0.25, -0.2) is 0 Å². The van der Waals surface area contributed by atoms with E-state index in [1.807, 2.05) is 0 Å². The summed E-state index contributed by atoms with van der Waals surface area (Å²) in [6.07, 6.45) is 6.71. The van der Waals surface area contributed by atoms with E-state index in [9.17, 15) is 0 Å². The molecule has 16 rings (SSSR count). The molecule has 5 aliphatic rings. The number of furan rings is 2. The maximum Gasteiger partial charge on any atom is 0.337 e. The number of rotatable bonds is 6. The molecule has 2 aliphatic heterocycles. The lowest BCUT2D eigenvalue weighted by Crippen LogP contribution is -2.61. The Bertz CT molecular complexity index is 5040. The Morgan fingerprint density at radius 2 is 0.837 bits per heavy atom. The maximum absolute atomic E-state index is 8.07. The number of nitrogens with zero attached hydrogens (tertiary/aromatic N) is 3. The van der Waals surface area contributed by atoms with Crippen molar-refractivity contribution in [3.8, 4) is 22.3 Å². The lowest BCUT2D eigenvalue weighted by molar-refractivity contribution is 0.332. The molecule has 0 radical (unpaired) electrons. The predicted octanol–water partition coefficient (Wildman–Crippen LogP) is 25.1. The smallest absolute Gasteiger partial charge is 0.337 e. The van der Waals surface area contributed by atoms with E-state index in [0.29, 0.717) is 0 Å². The van der Waals surface area contributed by atoms with Crippen LogP contribution in [0.4, 0.5) is 45.7 Å². The van der Waals surface area contributed by atoms with Gasteiger partial charge in [-0.1, -0.05) is 212 Å². The molecule has 500 valence electrons. The Morgan fingerprint density at radius 1 is 0.367 bits per heavy atom. The zero-order valence-corrected chi connectivity index (χ0v) is 62.6. The average molecular weight is 1290 g/mol. The van der Waals surface area contributed by atoms with E-state index in [-0.39, 0.29) is 55.6 Å². The molecule has 4 heterocycles. The number of hydrogen-bond acceptors (Lipinski definition) is 5. The third kappa shape index (κ3) is 9.95. The topological polar surface area (TPSA) is 36.0 Å². The molecule has 2 aromatic heterocycles. The lowest BCUT2D eigenvalue weighted by atomic mass is 9.43. The van der Waals surface area contributed by atoms with Gasteiger partial charge in [-0.3, -0.25) is 4.90 Å². The van der Waals surface area contributed by atoms with Gasteiger partial charge in [-0.2, -0.15) is 0 Å². The summed E-state index contributed by atoms with van der Waals surface area (Å²) < 4.78 is 15.9. The second-order valence-corrected chi connectivity index (χ2v) is 37.4. The fourth-order valence-electron chi connectivity index (χ4n) is 18.0. The first-order chi connectivity index (χ1) is 45.9. The van der Waals surface area contributed by atoms with Crippen molar-refractivity contribution in [2.45, 2.75) is 233 Å². The van der Waals surface area contributed by atoms with Crippen LogP contribution in [0.5, 0.6) is 0 Å². The number of benzene rings is 9. The fraction of sp³-hybridized carbons (Fsp3) is 0.391. The molecule has 0 spiro atoms. The maximum atomic E-state index is 8.07. The van der Waals surface area contributed by atoms with E-state index in [1.165, 1.54) is 77.5 Å². The van der Waals surface area contributed by atoms with E-state index in [1.54, 1.807) is 0 Å². The summed E-state index contributed by atoms with van der Waals surface area (Å²) in [5, 5.41) is 3.48. The fourth-order valence-corrected chi connectivity index (χ4v) is 18.0. The summed E-state index contributed by atoms with van der Waals surface area (Å²) in [5.41, 5.74) is 29.4. The first kappa shape index (κ1) is 64.5. The third-order valence-electron chi connectivity index (χ3n) is 24.7. The SMILES string of the molecule is CC(C)(C)c1ccc(N(c2ccc(C(C)(C)C)cc2)c2cc3c4c(c2)N(c2ccc(C(C)(C)C)cc2-c2ccccc2)c2oc5cc6c(cc5c2B4N(c2ccc4c(c2)C(C)(C)CCC4(C)C)c2ccc4c(oc5cc7c(cc54)C(C)(C)CCC7(C)C)c2-3)C(C)(C)CCC6(C)C)cc1. The standard InChI is InChI=1S/C92H102BN3O2/c1-84(2,3)56-27-32-59(33-28-56)94(60-34-29-57(30-35-60)85(4,5)6)62-48-67-79-75(40-37-63-65-51-70-72(53-77(65)97-82(63)79)91(18,19)45-43-89(70,14)15)96(61-36-38-68-69(49-61)88(12,13)42-41-87(68,10)11)93-80(67)76(50-62)95(74-39-31-58(86(7,8)9)47-64(74)55-25-23-22-24-26-55)83-81(93)66-52-71-73(54-78(66)98-83)92(20,21)46-44-90(71,16)17/h22-40,47-54H,41-46H2,1-21H3. The van der Waals surface area contributed by atoms with Gasteiger partial charge in [0.2, 0.25) is 5.88 Å². The molecule has 3 aliphatic carbocycles. The van der Waals surface area contributed by atoms with Crippen LogP contribution < -0.4 is 25.5 Å². The molecule has 0 fully saturated rings. The molecule has 98 heavy (non-hydrogen) atoms. The number of anilines is 8. The highest BCUT2D eigenvalue weighted by Crippen LogP contribution is 2.58. The Labute approximate surface area is 585 Å². The van der Waals surface area contributed by atoms with Gasteiger partial charge in [0.1, 0.15) is 16.7 Å². The van der Waals surface area contributed by atoms with Crippen LogP contribution in [0.15, 0.2) is 173 Å². The second-order valence-electron chi connectivity index (χ2n) is 37.4. The van der Waals surface area contributed by atoms with Crippen molar-refractivity contribution < 1.29 is 8.83 Å². The van der Waals surface area contributed by atoms with Crippen LogP contribution in [0.1, 0.15) is 234 Å². The van der Waals surface area contributed by atoms with E-state index >= 15 is 0 Å². The van der Waals surface area contributed by atoms with Gasteiger partial charge in [0.05, 0.1) is 5.69 Å². The zero-order chi connectivity index (χ0) is 69.3. The van der Waals surface area contributed by atoms with E-state index in [4.69, 9.17) is 8.83 Å². The zero-order valence-electron chi connectivity index (χ0n) is 62.6. The molecule has 0 N–H and O–H groups in total. The van der Waals surface area contributed by atoms with Crippen LogP contribution in [0.3, 0.4) is 0 Å². The van der Waals surface area contributed by atoms with Gasteiger partial charge in [-0.05, 0) is 251 Å². The van der Waals surface area contributed by atoms with Gasteiger partial charge in [0.25, 0.3) is 0 Å². The van der Waals surface area contributed by atoms with Crippen LogP contribution in [0.25, 0.3) is 55.2 Å². The van der Waals surface area contributed by atoms with Crippen molar-refractivity contribution in [2.24, 2.45) is 0 Å². The van der Waals surface area contributed by atoms with Crippen molar-refractivity contribution in [1.82, 2.24) is 0 Å². The Kier molecular flexibility index (Phi) is 13.9. The quantitative estimate of drug-likeness (QED) is 0.155. The van der Waals surface area contributed by atoms with Crippen LogP contribution in [-0.4, -0.2) is 6.85 Å². The van der Waals surface area contributed by atoms with Gasteiger partial charge in [-0.15, -0.1) is 0 Å². The Morgan fingerprint density at radius 3 is 1.37 bits per heavy atom. The van der Waals surface area contributed by atoms with Crippen molar-refractivity contribution in [3.63, 3.8) is 0 Å². The van der Waals surface area contributed by atoms with Crippen molar-refractivity contribution >= 4 is 96.4 Å². The van der Waals surface area contributed by atoms with Gasteiger partial charge < -0.3 is 18.5 Å². The normalized spacial score (nSPS) is 18.4. The summed E-state index contributed by atoms with van der Waals surface area (Å²) in [6.45, 7) is 50.0. The van der Waals surface area contributed by atoms with Crippen LogP contribution in [0, 0.1) is 0 Å². The molecule has 5 nitrogen and oxygen atoms in total. The molecule has 0 amide bonds. The predicted molar refractivity (Wildman–Crippen MR) is 419 cm³/mol. The Balaban J connectivity index is 1.11. The van der Waals surface area contributed by atoms with E-state index in [0.717, 1.165) is 123 Å². The first-order valence-electron chi connectivity index (χ1n) is 36.7. The summed E-state index contributed by atoms with van der Waals surface area (Å²) in [5.74, 6) is 0.850. The largest absolute Gasteiger partial charge is 0.455 e. The molecule has 6 heteroatoms. The van der Waals surface area contributed by atoms with Crippen LogP contribution in [-0.2, 0) is 48.7 Å². The summed E-state index contributed by atoms with van der Waals surface area (Å²) in [4.78, 5) is 7.84. The first-order valence-corrected chi connectivity index (χ1v) is 36.7. The number of hydrogen-bond donors (Lipinski definition) is 0. The number of fused-ring (bicyclic) bond motifs is 13. The molecule has 11 aromatic rings. The minimum Gasteiger partial charge on any atom is -0.455 e. The van der Waals surface area contributed by atoms with E-state index < -0.39 is 0 Å². The molecule has 0 saturated heterocycles. The molecule has 0 atom stereocenters.